The van der Waals surface area contributed by atoms with Crippen LogP contribution in [0.1, 0.15) is 12.7 Å². The molecule has 1 fully saturated rings. The average molecular weight is 552 g/mol. The van der Waals surface area contributed by atoms with Gasteiger partial charge in [0.1, 0.15) is 25.5 Å². The molecule has 0 radical (unpaired) electrons. The summed E-state index contributed by atoms with van der Waals surface area (Å²) in [6, 6.07) is 1.22. The Kier molecular flexibility index (Phi) is 9.46. The fourth-order valence-corrected chi connectivity index (χ4v) is 4.33. The number of nitro benzene ring substituents is 1. The zero-order chi connectivity index (χ0) is 25.9. The Morgan fingerprint density at radius 2 is 2.03 bits per heavy atom. The number of oxime groups is 1. The maximum absolute atomic E-state index is 12.7. The number of non-ortho nitro benzene ring substituents is 1. The molecule has 1 aliphatic rings. The Labute approximate surface area is 230 Å². The largest absolute Gasteiger partial charge is 1.00 e. The van der Waals surface area contributed by atoms with Crippen LogP contribution in [0.3, 0.4) is 0 Å². The number of hydrogen-bond acceptors (Lipinski definition) is 13. The number of nitrogens with two attached hydrogens (primary N) is 1. The summed E-state index contributed by atoms with van der Waals surface area (Å²) in [6.45, 7) is -0.448. The molecule has 2 heterocycles. The van der Waals surface area contributed by atoms with Crippen LogP contribution < -0.4 is 40.6 Å². The van der Waals surface area contributed by atoms with E-state index < -0.39 is 57.4 Å². The number of rotatable bonds is 9. The van der Waals surface area contributed by atoms with Crippen LogP contribution >= 0.6 is 11.3 Å². The third-order valence-electron chi connectivity index (χ3n) is 4.52. The molecular formula is C17H17N6NaO10S2. The van der Waals surface area contributed by atoms with Crippen molar-refractivity contribution in [3.63, 3.8) is 0 Å². The Balaban J connectivity index is 0.00000342. The van der Waals surface area contributed by atoms with E-state index in [1.54, 1.807) is 0 Å². The number of β-lactam (4-membered cyclic amide) rings is 1. The summed E-state index contributed by atoms with van der Waals surface area (Å²) in [7, 11) is -4.05. The van der Waals surface area contributed by atoms with E-state index in [0.717, 1.165) is 30.6 Å². The van der Waals surface area contributed by atoms with Crippen LogP contribution in [-0.2, 0) is 40.9 Å². The molecule has 2 amide bonds. The Hall–Kier alpha value is -3.16. The van der Waals surface area contributed by atoms with Gasteiger partial charge in [0.05, 0.1) is 4.92 Å². The van der Waals surface area contributed by atoms with Crippen molar-refractivity contribution in [1.82, 2.24) is 14.6 Å². The van der Waals surface area contributed by atoms with Gasteiger partial charge >= 0.3 is 45.8 Å². The van der Waals surface area contributed by atoms with Gasteiger partial charge in [-0.1, -0.05) is 5.16 Å². The average Bonchev–Trinajstić information content (AvgIpc) is 3.22. The number of esters is 1. The van der Waals surface area contributed by atoms with Gasteiger partial charge in [0, 0.05) is 17.5 Å². The molecule has 1 saturated heterocycles. The van der Waals surface area contributed by atoms with E-state index in [4.69, 9.17) is 10.5 Å². The molecule has 0 saturated carbocycles. The molecule has 0 bridgehead atoms. The van der Waals surface area contributed by atoms with E-state index in [0.29, 0.717) is 5.56 Å². The van der Waals surface area contributed by atoms with Gasteiger partial charge in [0.25, 0.3) is 17.5 Å². The minimum Gasteiger partial charge on any atom is -1.00 e. The van der Waals surface area contributed by atoms with Gasteiger partial charge in [-0.05, 0) is 17.7 Å². The smallest absolute Gasteiger partial charge is 1.00 e. The number of benzene rings is 1. The minimum absolute atomic E-state index is 0. The van der Waals surface area contributed by atoms with Gasteiger partial charge in [-0.25, -0.2) is 9.78 Å². The molecule has 19 heteroatoms. The van der Waals surface area contributed by atoms with Crippen LogP contribution in [0.15, 0.2) is 34.8 Å². The molecule has 1 aliphatic heterocycles. The van der Waals surface area contributed by atoms with Gasteiger partial charge < -0.3 is 22.1 Å². The number of carbonyl (C=O) groups is 3. The minimum atomic E-state index is -5.18. The quantitative estimate of drug-likeness (QED) is 0.0519. The maximum atomic E-state index is 12.7. The standard InChI is InChI=1S/C17H16N6O10S2.Na.H/c1-32-21-11(10-7-34-17(18)19-10)14(24)20-12-13(22(15(12)25)35(29,30)31)16(26)33-6-8-2-4-9(5-3-8)23(27)28;;/h2-5,7,12-13H,6H2,1H3,(H2,18,19)(H,20,24)(H,29,30,31);;/q;+1;-1/b21-11-;;. The van der Waals surface area contributed by atoms with Gasteiger partial charge in [-0.2, -0.15) is 12.7 Å². The zero-order valence-electron chi connectivity index (χ0n) is 19.6. The molecule has 1 aromatic carbocycles. The van der Waals surface area contributed by atoms with Gasteiger partial charge in [0.2, 0.25) is 0 Å². The van der Waals surface area contributed by atoms with E-state index in [1.807, 2.05) is 0 Å². The maximum Gasteiger partial charge on any atom is 1.00 e. The van der Waals surface area contributed by atoms with E-state index >= 15 is 0 Å². The molecule has 2 unspecified atom stereocenters. The van der Waals surface area contributed by atoms with E-state index in [-0.39, 0.29) is 51.8 Å². The molecule has 0 aliphatic carbocycles. The first-order valence-electron chi connectivity index (χ1n) is 9.28. The van der Waals surface area contributed by atoms with Crippen molar-refractivity contribution in [3.8, 4) is 0 Å². The predicted molar refractivity (Wildman–Crippen MR) is 118 cm³/mol. The molecule has 2 aromatic rings. The van der Waals surface area contributed by atoms with Crippen molar-refractivity contribution in [2.24, 2.45) is 5.16 Å². The van der Waals surface area contributed by atoms with Crippen molar-refractivity contribution in [2.45, 2.75) is 18.7 Å². The van der Waals surface area contributed by atoms with Crippen LogP contribution in [0.25, 0.3) is 0 Å². The summed E-state index contributed by atoms with van der Waals surface area (Å²) < 4.78 is 37.4. The molecule has 1 aromatic heterocycles. The van der Waals surface area contributed by atoms with Gasteiger partial charge in [0.15, 0.2) is 16.9 Å². The second-order valence-electron chi connectivity index (χ2n) is 6.73. The normalized spacial score (nSPS) is 17.4. The number of aromatic nitrogens is 1. The molecule has 0 spiro atoms. The van der Waals surface area contributed by atoms with Gasteiger partial charge in [-0.15, -0.1) is 11.3 Å². The molecule has 36 heavy (non-hydrogen) atoms. The number of nitrogens with zero attached hydrogens (tertiary/aromatic N) is 4. The zero-order valence-corrected chi connectivity index (χ0v) is 22.2. The second kappa shape index (κ2) is 11.7. The molecule has 16 nitrogen and oxygen atoms in total. The molecule has 188 valence electrons. The molecule has 3 rings (SSSR count). The Morgan fingerprint density at radius 3 is 2.53 bits per heavy atom. The Morgan fingerprint density at radius 1 is 1.39 bits per heavy atom. The number of nitrogens with one attached hydrogen (secondary N) is 1. The summed E-state index contributed by atoms with van der Waals surface area (Å²) in [5, 5.41) is 17.8. The third-order valence-corrected chi connectivity index (χ3v) is 6.10. The molecular weight excluding hydrogens is 535 g/mol. The van der Waals surface area contributed by atoms with Crippen LogP contribution in [0.4, 0.5) is 10.8 Å². The number of nitro groups is 1. The number of ether oxygens (including phenoxy) is 1. The summed E-state index contributed by atoms with van der Waals surface area (Å²) >= 11 is 0.983. The number of hydrogen-bond donors (Lipinski definition) is 3. The van der Waals surface area contributed by atoms with Crippen molar-refractivity contribution >= 4 is 56.0 Å². The van der Waals surface area contributed by atoms with E-state index in [9.17, 15) is 37.5 Å². The summed E-state index contributed by atoms with van der Waals surface area (Å²) in [5.41, 5.74) is 5.21. The second-order valence-corrected chi connectivity index (χ2v) is 8.91. The monoisotopic (exact) mass is 552 g/mol. The van der Waals surface area contributed by atoms with Crippen LogP contribution in [0, 0.1) is 10.1 Å². The number of amides is 2. The predicted octanol–water partition coefficient (Wildman–Crippen LogP) is -3.66. The number of anilines is 1. The number of nitrogen functional groups attached to an aromatic ring is 1. The van der Waals surface area contributed by atoms with Crippen LogP contribution in [0.2, 0.25) is 0 Å². The van der Waals surface area contributed by atoms with Crippen molar-refractivity contribution in [3.05, 3.63) is 51.0 Å². The first-order valence-corrected chi connectivity index (χ1v) is 11.6. The Bertz CT molecular complexity index is 1320. The summed E-state index contributed by atoms with van der Waals surface area (Å²) in [5.74, 6) is -3.65. The van der Waals surface area contributed by atoms with Crippen LogP contribution in [0.5, 0.6) is 0 Å². The van der Waals surface area contributed by atoms with Crippen LogP contribution in [-0.4, -0.2) is 69.9 Å². The topological polar surface area (TPSA) is 234 Å². The number of thiazole rings is 1. The first-order chi connectivity index (χ1) is 16.4. The first kappa shape index (κ1) is 29.1. The number of carbonyl (C=O) groups excluding carboxylic acids is 3. The molecule has 4 N–H and O–H groups in total. The van der Waals surface area contributed by atoms with Crippen molar-refractivity contribution < 1.29 is 72.8 Å². The van der Waals surface area contributed by atoms with Crippen molar-refractivity contribution in [1.29, 1.82) is 0 Å². The fourth-order valence-electron chi connectivity index (χ4n) is 2.95. The molecule has 2 atom stereocenters. The third kappa shape index (κ3) is 6.33. The van der Waals surface area contributed by atoms with E-state index in [2.05, 4.69) is 20.3 Å². The fraction of sp³-hybridized carbons (Fsp3) is 0.235. The van der Waals surface area contributed by atoms with Gasteiger partial charge in [-0.3, -0.25) is 24.3 Å². The SMILES string of the molecule is CO/N=C(\C(=O)NC1C(=O)N(S(=O)(=O)O)C1C(=O)OCc1ccc([N+](=O)[O-])cc1)c1csc(N)n1.[H-].[Na+]. The van der Waals surface area contributed by atoms with E-state index in [1.165, 1.54) is 17.5 Å². The summed E-state index contributed by atoms with van der Waals surface area (Å²) in [6.07, 6.45) is 0. The van der Waals surface area contributed by atoms with Crippen molar-refractivity contribution in [2.75, 3.05) is 12.8 Å². The summed E-state index contributed by atoms with van der Waals surface area (Å²) in [4.78, 5) is 56.2.